The summed E-state index contributed by atoms with van der Waals surface area (Å²) in [6, 6.07) is 0.896. The molecule has 0 spiro atoms. The number of carbonyl (C=O) groups excluding carboxylic acids is 1. The Labute approximate surface area is 102 Å². The Morgan fingerprint density at radius 1 is 1.53 bits per heavy atom. The highest BCUT2D eigenvalue weighted by molar-refractivity contribution is 6.33. The van der Waals surface area contributed by atoms with Gasteiger partial charge in [-0.1, -0.05) is 11.6 Å². The molecule has 0 fully saturated rings. The molecule has 7 heteroatoms. The average molecular weight is 263 g/mol. The number of pyridine rings is 1. The van der Waals surface area contributed by atoms with Crippen molar-refractivity contribution in [1.29, 1.82) is 0 Å². The fraction of sp³-hybridized carbons (Fsp3) is 0.400. The molecule has 1 amide bonds. The van der Waals surface area contributed by atoms with E-state index in [1.54, 1.807) is 20.8 Å². The predicted octanol–water partition coefficient (Wildman–Crippen LogP) is 2.51. The van der Waals surface area contributed by atoms with Gasteiger partial charge in [0, 0.05) is 6.07 Å². The van der Waals surface area contributed by atoms with Crippen molar-refractivity contribution in [3.05, 3.63) is 27.4 Å². The average Bonchev–Trinajstić information content (AvgIpc) is 2.10. The summed E-state index contributed by atoms with van der Waals surface area (Å²) >= 11 is 5.60. The lowest BCUT2D eigenvalue weighted by molar-refractivity contribution is 0.0636. The summed E-state index contributed by atoms with van der Waals surface area (Å²) in [7, 11) is 0. The molecule has 0 bridgehead atoms. The van der Waals surface area contributed by atoms with Gasteiger partial charge in [0.25, 0.3) is 5.56 Å². The van der Waals surface area contributed by atoms with Crippen molar-refractivity contribution in [2.75, 3.05) is 5.32 Å². The second-order valence-electron chi connectivity index (χ2n) is 4.30. The van der Waals surface area contributed by atoms with Gasteiger partial charge >= 0.3 is 6.09 Å². The van der Waals surface area contributed by atoms with Crippen molar-refractivity contribution >= 4 is 23.4 Å². The standard InChI is InChI=1S/C10H12ClFN2O3/c1-10(2,3)17-9(16)13-5-4-6(12)14-8(15)7(5)11/h4H,1-3H3,(H2,13,14,15,16). The third-order valence-corrected chi connectivity index (χ3v) is 1.95. The number of rotatable bonds is 1. The number of hydrogen-bond donors (Lipinski definition) is 2. The summed E-state index contributed by atoms with van der Waals surface area (Å²) < 4.78 is 17.8. The van der Waals surface area contributed by atoms with Gasteiger partial charge in [0.15, 0.2) is 5.95 Å². The van der Waals surface area contributed by atoms with Gasteiger partial charge in [-0.15, -0.1) is 0 Å². The van der Waals surface area contributed by atoms with Crippen LogP contribution in [0, 0.1) is 5.95 Å². The van der Waals surface area contributed by atoms with Crippen LogP contribution in [0.4, 0.5) is 14.9 Å². The Bertz CT molecular complexity index is 493. The maximum absolute atomic E-state index is 12.9. The first-order valence-electron chi connectivity index (χ1n) is 4.77. The molecular weight excluding hydrogens is 251 g/mol. The van der Waals surface area contributed by atoms with Gasteiger partial charge in [-0.05, 0) is 20.8 Å². The first-order chi connectivity index (χ1) is 7.69. The first kappa shape index (κ1) is 13.5. The summed E-state index contributed by atoms with van der Waals surface area (Å²) in [5.41, 5.74) is -1.66. The van der Waals surface area contributed by atoms with E-state index in [-0.39, 0.29) is 10.7 Å². The first-order valence-corrected chi connectivity index (χ1v) is 5.15. The third-order valence-electron chi connectivity index (χ3n) is 1.58. The minimum absolute atomic E-state index is 0.137. The van der Waals surface area contributed by atoms with E-state index < -0.39 is 23.2 Å². The second-order valence-corrected chi connectivity index (χ2v) is 4.68. The van der Waals surface area contributed by atoms with Crippen LogP contribution in [0.15, 0.2) is 10.9 Å². The smallest absolute Gasteiger partial charge is 0.412 e. The number of hydrogen-bond acceptors (Lipinski definition) is 3. The SMILES string of the molecule is CC(C)(C)OC(=O)Nc1cc(F)[nH]c(=O)c1Cl. The zero-order valence-corrected chi connectivity index (χ0v) is 10.3. The van der Waals surface area contributed by atoms with E-state index in [2.05, 4.69) is 5.32 Å². The summed E-state index contributed by atoms with van der Waals surface area (Å²) in [6.45, 7) is 5.02. The summed E-state index contributed by atoms with van der Waals surface area (Å²) in [5.74, 6) is -0.898. The van der Waals surface area contributed by atoms with E-state index in [9.17, 15) is 14.0 Å². The fourth-order valence-corrected chi connectivity index (χ4v) is 1.17. The number of nitrogens with one attached hydrogen (secondary N) is 2. The normalized spacial score (nSPS) is 11.1. The Hall–Kier alpha value is -1.56. The van der Waals surface area contributed by atoms with Gasteiger partial charge in [0.1, 0.15) is 10.6 Å². The van der Waals surface area contributed by atoms with Gasteiger partial charge in [0.2, 0.25) is 0 Å². The molecule has 1 heterocycles. The molecule has 1 aromatic heterocycles. The van der Waals surface area contributed by atoms with Crippen molar-refractivity contribution < 1.29 is 13.9 Å². The van der Waals surface area contributed by atoms with Crippen molar-refractivity contribution in [2.45, 2.75) is 26.4 Å². The maximum atomic E-state index is 12.9. The largest absolute Gasteiger partial charge is 0.444 e. The Morgan fingerprint density at radius 2 is 2.12 bits per heavy atom. The van der Waals surface area contributed by atoms with E-state index >= 15 is 0 Å². The molecule has 0 saturated heterocycles. The summed E-state index contributed by atoms with van der Waals surface area (Å²) in [6.07, 6.45) is -0.815. The van der Waals surface area contributed by atoms with Crippen LogP contribution in [-0.4, -0.2) is 16.7 Å². The molecule has 5 nitrogen and oxygen atoms in total. The molecule has 0 saturated carbocycles. The van der Waals surface area contributed by atoms with Crippen molar-refractivity contribution in [3.63, 3.8) is 0 Å². The highest BCUT2D eigenvalue weighted by atomic mass is 35.5. The number of anilines is 1. The highest BCUT2D eigenvalue weighted by Crippen LogP contribution is 2.18. The van der Waals surface area contributed by atoms with Crippen molar-refractivity contribution in [3.8, 4) is 0 Å². The molecule has 2 N–H and O–H groups in total. The molecule has 0 atom stereocenters. The minimum Gasteiger partial charge on any atom is -0.444 e. The van der Waals surface area contributed by atoms with Crippen LogP contribution in [0.2, 0.25) is 5.02 Å². The Kier molecular flexibility index (Phi) is 3.77. The van der Waals surface area contributed by atoms with Crippen LogP contribution in [0.1, 0.15) is 20.8 Å². The van der Waals surface area contributed by atoms with Crippen molar-refractivity contribution in [1.82, 2.24) is 4.98 Å². The molecule has 0 aliphatic rings. The lowest BCUT2D eigenvalue weighted by Gasteiger charge is -2.19. The van der Waals surface area contributed by atoms with Gasteiger partial charge in [-0.25, -0.2) is 4.79 Å². The molecule has 0 aliphatic heterocycles. The van der Waals surface area contributed by atoms with E-state index in [1.807, 2.05) is 4.98 Å². The predicted molar refractivity (Wildman–Crippen MR) is 61.9 cm³/mol. The maximum Gasteiger partial charge on any atom is 0.412 e. The third kappa shape index (κ3) is 4.07. The molecule has 0 unspecified atom stereocenters. The van der Waals surface area contributed by atoms with Crippen LogP contribution < -0.4 is 10.9 Å². The number of amides is 1. The van der Waals surface area contributed by atoms with Crippen molar-refractivity contribution in [2.24, 2.45) is 0 Å². The van der Waals surface area contributed by atoms with Gasteiger partial charge in [0.05, 0.1) is 5.69 Å². The lowest BCUT2D eigenvalue weighted by Crippen LogP contribution is -2.28. The minimum atomic E-state index is -0.898. The fourth-order valence-electron chi connectivity index (χ4n) is 1.02. The molecule has 94 valence electrons. The zero-order valence-electron chi connectivity index (χ0n) is 9.56. The van der Waals surface area contributed by atoms with E-state index in [0.717, 1.165) is 6.07 Å². The van der Waals surface area contributed by atoms with E-state index in [0.29, 0.717) is 0 Å². The second kappa shape index (κ2) is 4.75. The number of aromatic nitrogens is 1. The Morgan fingerprint density at radius 3 is 2.65 bits per heavy atom. The van der Waals surface area contributed by atoms with E-state index in [4.69, 9.17) is 16.3 Å². The van der Waals surface area contributed by atoms with Crippen LogP contribution in [0.3, 0.4) is 0 Å². The number of aromatic amines is 1. The van der Waals surface area contributed by atoms with Crippen LogP contribution in [-0.2, 0) is 4.74 Å². The van der Waals surface area contributed by atoms with E-state index in [1.165, 1.54) is 0 Å². The summed E-state index contributed by atoms with van der Waals surface area (Å²) in [4.78, 5) is 24.3. The quantitative estimate of drug-likeness (QED) is 0.764. The van der Waals surface area contributed by atoms with Gasteiger partial charge in [-0.2, -0.15) is 4.39 Å². The summed E-state index contributed by atoms with van der Waals surface area (Å²) in [5, 5.41) is 1.89. The van der Waals surface area contributed by atoms with Gasteiger partial charge < -0.3 is 4.74 Å². The number of ether oxygens (including phenoxy) is 1. The molecule has 0 radical (unpaired) electrons. The Balaban J connectivity index is 2.89. The topological polar surface area (TPSA) is 71.2 Å². The molecular formula is C10H12ClFN2O3. The van der Waals surface area contributed by atoms with Gasteiger partial charge in [-0.3, -0.25) is 15.1 Å². The van der Waals surface area contributed by atoms with Crippen LogP contribution in [0.5, 0.6) is 0 Å². The molecule has 0 aliphatic carbocycles. The lowest BCUT2D eigenvalue weighted by atomic mass is 10.2. The number of carbonyl (C=O) groups is 1. The molecule has 17 heavy (non-hydrogen) atoms. The number of halogens is 2. The zero-order chi connectivity index (χ0) is 13.2. The molecule has 1 rings (SSSR count). The number of H-pyrrole nitrogens is 1. The van der Waals surface area contributed by atoms with Crippen LogP contribution in [0.25, 0.3) is 0 Å². The monoisotopic (exact) mass is 262 g/mol. The van der Waals surface area contributed by atoms with Crippen LogP contribution >= 0.6 is 11.6 Å². The highest BCUT2D eigenvalue weighted by Gasteiger charge is 2.18. The molecule has 0 aromatic carbocycles. The molecule has 1 aromatic rings.